The van der Waals surface area contributed by atoms with Crippen molar-refractivity contribution in [3.8, 4) is 11.5 Å². The van der Waals surface area contributed by atoms with Crippen molar-refractivity contribution in [2.45, 2.75) is 45.4 Å². The van der Waals surface area contributed by atoms with E-state index in [-0.39, 0.29) is 6.10 Å². The van der Waals surface area contributed by atoms with Gasteiger partial charge in [-0.2, -0.15) is 0 Å². The van der Waals surface area contributed by atoms with E-state index in [1.807, 2.05) is 19.9 Å². The molecule has 21 heavy (non-hydrogen) atoms. The predicted molar refractivity (Wildman–Crippen MR) is 84.4 cm³/mol. The number of benzene rings is 1. The van der Waals surface area contributed by atoms with Gasteiger partial charge in [0.25, 0.3) is 0 Å². The third-order valence-electron chi connectivity index (χ3n) is 3.38. The lowest BCUT2D eigenvalue weighted by atomic mass is 10.1. The maximum atomic E-state index is 6.16. The smallest absolute Gasteiger partial charge is 0.166 e. The molecule has 0 aromatic heterocycles. The molecule has 0 spiro atoms. The highest BCUT2D eigenvalue weighted by atomic mass is 35.5. The van der Waals surface area contributed by atoms with Gasteiger partial charge in [-0.25, -0.2) is 0 Å². The highest BCUT2D eigenvalue weighted by Crippen LogP contribution is 2.35. The highest BCUT2D eigenvalue weighted by molar-refractivity contribution is 6.30. The Balaban J connectivity index is 2.06. The number of nitrogens with one attached hydrogen (secondary N) is 1. The molecule has 1 saturated heterocycles. The third kappa shape index (κ3) is 4.77. The summed E-state index contributed by atoms with van der Waals surface area (Å²) >= 11 is 6.16. The summed E-state index contributed by atoms with van der Waals surface area (Å²) in [6.45, 7) is 6.39. The summed E-state index contributed by atoms with van der Waals surface area (Å²) in [5.41, 5.74) is 1.01. The van der Waals surface area contributed by atoms with Crippen LogP contribution in [-0.2, 0) is 11.3 Å². The number of hydrogen-bond acceptors (Lipinski definition) is 4. The summed E-state index contributed by atoms with van der Waals surface area (Å²) in [5.74, 6) is 1.43. The number of ether oxygens (including phenoxy) is 3. The van der Waals surface area contributed by atoms with Crippen LogP contribution in [0.4, 0.5) is 0 Å². The van der Waals surface area contributed by atoms with Gasteiger partial charge in [-0.05, 0) is 32.8 Å². The number of halogens is 1. The van der Waals surface area contributed by atoms with E-state index in [1.165, 1.54) is 0 Å². The largest absolute Gasteiger partial charge is 0.493 e. The molecule has 1 atom stereocenters. The first-order chi connectivity index (χ1) is 10.1. The van der Waals surface area contributed by atoms with Gasteiger partial charge in [0.2, 0.25) is 0 Å². The molecular formula is C16H24ClNO3. The fraction of sp³-hybridized carbons (Fsp3) is 0.625. The van der Waals surface area contributed by atoms with Crippen molar-refractivity contribution in [1.29, 1.82) is 0 Å². The molecule has 1 aliphatic heterocycles. The molecule has 0 aliphatic carbocycles. The van der Waals surface area contributed by atoms with Crippen molar-refractivity contribution < 1.29 is 14.2 Å². The zero-order valence-electron chi connectivity index (χ0n) is 12.9. The van der Waals surface area contributed by atoms with Crippen LogP contribution in [0.1, 0.15) is 32.3 Å². The van der Waals surface area contributed by atoms with E-state index < -0.39 is 0 Å². The second kappa shape index (κ2) is 7.87. The lowest BCUT2D eigenvalue weighted by molar-refractivity contribution is 0.110. The minimum Gasteiger partial charge on any atom is -0.493 e. The predicted octanol–water partition coefficient (Wildman–Crippen LogP) is 3.40. The van der Waals surface area contributed by atoms with Crippen molar-refractivity contribution in [3.05, 3.63) is 22.7 Å². The molecule has 1 aromatic carbocycles. The summed E-state index contributed by atoms with van der Waals surface area (Å²) in [5, 5.41) is 4.07. The van der Waals surface area contributed by atoms with Gasteiger partial charge >= 0.3 is 0 Å². The molecule has 0 amide bonds. The van der Waals surface area contributed by atoms with E-state index in [9.17, 15) is 0 Å². The SMILES string of the molecule is COc1cc(Cl)cc(CNCC2CCCO2)c1OC(C)C. The Hall–Kier alpha value is -0.970. The molecule has 5 heteroatoms. The highest BCUT2D eigenvalue weighted by Gasteiger charge is 2.17. The molecule has 1 unspecified atom stereocenters. The molecule has 2 rings (SSSR count). The Bertz CT molecular complexity index is 459. The second-order valence-corrected chi connectivity index (χ2v) is 5.97. The van der Waals surface area contributed by atoms with Gasteiger partial charge < -0.3 is 19.5 Å². The zero-order chi connectivity index (χ0) is 15.2. The van der Waals surface area contributed by atoms with Crippen molar-refractivity contribution in [3.63, 3.8) is 0 Å². The Morgan fingerprint density at radius 1 is 1.43 bits per heavy atom. The van der Waals surface area contributed by atoms with Crippen molar-refractivity contribution in [2.75, 3.05) is 20.3 Å². The van der Waals surface area contributed by atoms with Gasteiger partial charge in [-0.15, -0.1) is 0 Å². The van der Waals surface area contributed by atoms with Crippen LogP contribution >= 0.6 is 11.6 Å². The van der Waals surface area contributed by atoms with E-state index in [0.717, 1.165) is 37.3 Å². The van der Waals surface area contributed by atoms with Crippen molar-refractivity contribution >= 4 is 11.6 Å². The van der Waals surface area contributed by atoms with Crippen molar-refractivity contribution in [2.24, 2.45) is 0 Å². The lowest BCUT2D eigenvalue weighted by Gasteiger charge is -2.19. The van der Waals surface area contributed by atoms with Gasteiger partial charge in [-0.3, -0.25) is 0 Å². The van der Waals surface area contributed by atoms with Crippen LogP contribution < -0.4 is 14.8 Å². The lowest BCUT2D eigenvalue weighted by Crippen LogP contribution is -2.26. The third-order valence-corrected chi connectivity index (χ3v) is 3.60. The molecule has 4 nitrogen and oxygen atoms in total. The summed E-state index contributed by atoms with van der Waals surface area (Å²) in [7, 11) is 1.63. The van der Waals surface area contributed by atoms with Crippen molar-refractivity contribution in [1.82, 2.24) is 5.32 Å². The van der Waals surface area contributed by atoms with Crippen LogP contribution in [-0.4, -0.2) is 32.5 Å². The van der Waals surface area contributed by atoms with Crippen LogP contribution in [0.15, 0.2) is 12.1 Å². The minimum absolute atomic E-state index is 0.0805. The Labute approximate surface area is 131 Å². The van der Waals surface area contributed by atoms with Gasteiger partial charge in [0.15, 0.2) is 11.5 Å². The molecule has 1 N–H and O–H groups in total. The first-order valence-corrected chi connectivity index (χ1v) is 7.83. The van der Waals surface area contributed by atoms with Crippen LogP contribution in [0, 0.1) is 0 Å². The maximum absolute atomic E-state index is 6.16. The van der Waals surface area contributed by atoms with E-state index in [1.54, 1.807) is 13.2 Å². The first-order valence-electron chi connectivity index (χ1n) is 7.45. The summed E-state index contributed by atoms with van der Waals surface area (Å²) in [6.07, 6.45) is 2.68. The van der Waals surface area contributed by atoms with Crippen LogP contribution in [0.3, 0.4) is 0 Å². The van der Waals surface area contributed by atoms with Gasteiger partial charge in [0.1, 0.15) is 0 Å². The normalized spacial score (nSPS) is 18.2. The monoisotopic (exact) mass is 313 g/mol. The summed E-state index contributed by atoms with van der Waals surface area (Å²) < 4.78 is 16.9. The standard InChI is InChI=1S/C16H24ClNO3/c1-11(2)21-16-12(7-13(17)8-15(16)19-3)9-18-10-14-5-4-6-20-14/h7-8,11,14,18H,4-6,9-10H2,1-3H3. The Morgan fingerprint density at radius 3 is 2.86 bits per heavy atom. The molecular weight excluding hydrogens is 290 g/mol. The van der Waals surface area contributed by atoms with E-state index in [0.29, 0.717) is 23.4 Å². The molecule has 1 aliphatic rings. The van der Waals surface area contributed by atoms with E-state index in [4.69, 9.17) is 25.8 Å². The fourth-order valence-electron chi connectivity index (χ4n) is 2.45. The maximum Gasteiger partial charge on any atom is 0.166 e. The molecule has 1 heterocycles. The van der Waals surface area contributed by atoms with Gasteiger partial charge in [0, 0.05) is 36.3 Å². The average molecular weight is 314 g/mol. The van der Waals surface area contributed by atoms with E-state index >= 15 is 0 Å². The zero-order valence-corrected chi connectivity index (χ0v) is 13.7. The molecule has 118 valence electrons. The topological polar surface area (TPSA) is 39.7 Å². The summed E-state index contributed by atoms with van der Waals surface area (Å²) in [4.78, 5) is 0. The molecule has 1 fully saturated rings. The minimum atomic E-state index is 0.0805. The molecule has 1 aromatic rings. The molecule has 0 bridgehead atoms. The first kappa shape index (κ1) is 16.4. The number of methoxy groups -OCH3 is 1. The van der Waals surface area contributed by atoms with E-state index in [2.05, 4.69) is 5.32 Å². The molecule has 0 saturated carbocycles. The Morgan fingerprint density at radius 2 is 2.24 bits per heavy atom. The number of rotatable bonds is 7. The van der Waals surface area contributed by atoms with Crippen LogP contribution in [0.25, 0.3) is 0 Å². The second-order valence-electron chi connectivity index (χ2n) is 5.53. The fourth-order valence-corrected chi connectivity index (χ4v) is 2.68. The quantitative estimate of drug-likeness (QED) is 0.837. The Kier molecular flexibility index (Phi) is 6.15. The summed E-state index contributed by atoms with van der Waals surface area (Å²) in [6, 6.07) is 3.70. The van der Waals surface area contributed by atoms with Crippen LogP contribution in [0.5, 0.6) is 11.5 Å². The molecule has 0 radical (unpaired) electrons. The average Bonchev–Trinajstić information content (AvgIpc) is 2.94. The van der Waals surface area contributed by atoms with Gasteiger partial charge in [-0.1, -0.05) is 11.6 Å². The number of hydrogen-bond donors (Lipinski definition) is 1. The van der Waals surface area contributed by atoms with Gasteiger partial charge in [0.05, 0.1) is 19.3 Å². The van der Waals surface area contributed by atoms with Crippen LogP contribution in [0.2, 0.25) is 5.02 Å².